The molecule has 0 aliphatic heterocycles. The van der Waals surface area contributed by atoms with E-state index >= 15 is 0 Å². The minimum absolute atomic E-state index is 0.789. The summed E-state index contributed by atoms with van der Waals surface area (Å²) in [5.74, 6) is 0. The standard InChI is InChI=1S/C8H6BrClN2S2/c9-4-3-7-11-12-8(14-7)5-1-2-6(10)13-5/h1-2H,3-4H2. The highest BCUT2D eigenvalue weighted by Gasteiger charge is 2.08. The van der Waals surface area contributed by atoms with E-state index in [2.05, 4.69) is 26.1 Å². The molecule has 0 atom stereocenters. The van der Waals surface area contributed by atoms with Crippen molar-refractivity contribution >= 4 is 50.2 Å². The number of alkyl halides is 1. The summed E-state index contributed by atoms with van der Waals surface area (Å²) in [5, 5.41) is 11.1. The van der Waals surface area contributed by atoms with Crippen LogP contribution in [0.15, 0.2) is 12.1 Å². The summed E-state index contributed by atoms with van der Waals surface area (Å²) < 4.78 is 0.789. The van der Waals surface area contributed by atoms with Gasteiger partial charge in [0.05, 0.1) is 9.21 Å². The lowest BCUT2D eigenvalue weighted by atomic mass is 10.5. The van der Waals surface area contributed by atoms with E-state index in [0.717, 1.165) is 31.0 Å². The maximum atomic E-state index is 5.85. The smallest absolute Gasteiger partial charge is 0.143 e. The summed E-state index contributed by atoms with van der Waals surface area (Å²) in [4.78, 5) is 1.09. The molecule has 0 saturated carbocycles. The summed E-state index contributed by atoms with van der Waals surface area (Å²) in [6.45, 7) is 0. The quantitative estimate of drug-likeness (QED) is 0.805. The minimum atomic E-state index is 0.789. The van der Waals surface area contributed by atoms with Crippen molar-refractivity contribution in [2.75, 3.05) is 5.33 Å². The first-order valence-electron chi connectivity index (χ1n) is 3.93. The van der Waals surface area contributed by atoms with Crippen LogP contribution in [0.5, 0.6) is 0 Å². The number of halogens is 2. The molecule has 2 nitrogen and oxygen atoms in total. The summed E-state index contributed by atoms with van der Waals surface area (Å²) in [7, 11) is 0. The van der Waals surface area contributed by atoms with Crippen molar-refractivity contribution in [3.63, 3.8) is 0 Å². The van der Waals surface area contributed by atoms with Crippen LogP contribution in [0, 0.1) is 0 Å². The van der Waals surface area contributed by atoms with Crippen LogP contribution >= 0.6 is 50.2 Å². The Hall–Kier alpha value is 0.0300. The van der Waals surface area contributed by atoms with Crippen LogP contribution in [0.1, 0.15) is 5.01 Å². The van der Waals surface area contributed by atoms with E-state index < -0.39 is 0 Å². The molecule has 0 N–H and O–H groups in total. The molecular weight excluding hydrogens is 304 g/mol. The number of hydrogen-bond donors (Lipinski definition) is 0. The van der Waals surface area contributed by atoms with E-state index in [1.54, 1.807) is 11.3 Å². The fraction of sp³-hybridized carbons (Fsp3) is 0.250. The van der Waals surface area contributed by atoms with Crippen molar-refractivity contribution in [3.8, 4) is 9.88 Å². The molecule has 0 saturated heterocycles. The third-order valence-electron chi connectivity index (χ3n) is 1.56. The largest absolute Gasteiger partial charge is 0.157 e. The minimum Gasteiger partial charge on any atom is -0.143 e. The zero-order valence-electron chi connectivity index (χ0n) is 7.04. The Labute approximate surface area is 103 Å². The van der Waals surface area contributed by atoms with Gasteiger partial charge < -0.3 is 0 Å². The second-order valence-electron chi connectivity index (χ2n) is 2.54. The molecule has 2 rings (SSSR count). The Morgan fingerprint density at radius 2 is 2.14 bits per heavy atom. The number of rotatable bonds is 3. The number of aryl methyl sites for hydroxylation is 1. The molecule has 74 valence electrons. The summed E-state index contributed by atoms with van der Waals surface area (Å²) >= 11 is 12.4. The van der Waals surface area contributed by atoms with E-state index in [0.29, 0.717) is 0 Å². The molecule has 2 aromatic rings. The van der Waals surface area contributed by atoms with Crippen LogP contribution in [-0.4, -0.2) is 15.5 Å². The van der Waals surface area contributed by atoms with Gasteiger partial charge in [-0.2, -0.15) is 0 Å². The Morgan fingerprint density at radius 1 is 1.29 bits per heavy atom. The maximum Gasteiger partial charge on any atom is 0.157 e. The first-order valence-corrected chi connectivity index (χ1v) is 7.07. The summed E-state index contributed by atoms with van der Waals surface area (Å²) in [6.07, 6.45) is 0.927. The van der Waals surface area contributed by atoms with Gasteiger partial charge in [0, 0.05) is 11.8 Å². The Morgan fingerprint density at radius 3 is 2.79 bits per heavy atom. The van der Waals surface area contributed by atoms with E-state index in [4.69, 9.17) is 11.6 Å². The van der Waals surface area contributed by atoms with Gasteiger partial charge in [0.2, 0.25) is 0 Å². The monoisotopic (exact) mass is 308 g/mol. The lowest BCUT2D eigenvalue weighted by Gasteiger charge is -1.85. The van der Waals surface area contributed by atoms with Gasteiger partial charge in [-0.1, -0.05) is 38.9 Å². The molecule has 0 radical (unpaired) electrons. The van der Waals surface area contributed by atoms with E-state index in [1.165, 1.54) is 11.3 Å². The normalized spacial score (nSPS) is 10.7. The first-order chi connectivity index (χ1) is 6.79. The van der Waals surface area contributed by atoms with Crippen LogP contribution in [-0.2, 0) is 6.42 Å². The summed E-state index contributed by atoms with van der Waals surface area (Å²) in [6, 6.07) is 3.86. The van der Waals surface area contributed by atoms with E-state index in [1.807, 2.05) is 12.1 Å². The topological polar surface area (TPSA) is 25.8 Å². The second kappa shape index (κ2) is 4.70. The average Bonchev–Trinajstić information content (AvgIpc) is 2.74. The zero-order valence-corrected chi connectivity index (χ0v) is 11.0. The van der Waals surface area contributed by atoms with E-state index in [-0.39, 0.29) is 0 Å². The highest BCUT2D eigenvalue weighted by Crippen LogP contribution is 2.32. The van der Waals surface area contributed by atoms with Crippen molar-refractivity contribution < 1.29 is 0 Å². The first kappa shape index (κ1) is 10.5. The van der Waals surface area contributed by atoms with Gasteiger partial charge in [-0.25, -0.2) is 0 Å². The highest BCUT2D eigenvalue weighted by molar-refractivity contribution is 9.09. The molecule has 0 spiro atoms. The SMILES string of the molecule is Clc1ccc(-c2nnc(CCBr)s2)s1. The Balaban J connectivity index is 2.24. The van der Waals surface area contributed by atoms with Crippen molar-refractivity contribution in [1.82, 2.24) is 10.2 Å². The third-order valence-corrected chi connectivity index (χ3v) is 4.34. The van der Waals surface area contributed by atoms with Gasteiger partial charge in [-0.05, 0) is 12.1 Å². The summed E-state index contributed by atoms with van der Waals surface area (Å²) in [5.41, 5.74) is 0. The van der Waals surface area contributed by atoms with Gasteiger partial charge in [-0.3, -0.25) is 0 Å². The number of hydrogen-bond acceptors (Lipinski definition) is 4. The molecule has 0 aromatic carbocycles. The predicted octanol–water partition coefficient (Wildman–Crippen LogP) is 3.86. The van der Waals surface area contributed by atoms with Crippen molar-refractivity contribution in [2.45, 2.75) is 6.42 Å². The molecule has 0 unspecified atom stereocenters. The second-order valence-corrected chi connectivity index (χ2v) is 6.11. The highest BCUT2D eigenvalue weighted by atomic mass is 79.9. The molecule has 0 aliphatic carbocycles. The van der Waals surface area contributed by atoms with Crippen LogP contribution in [0.4, 0.5) is 0 Å². The van der Waals surface area contributed by atoms with E-state index in [9.17, 15) is 0 Å². The van der Waals surface area contributed by atoms with Gasteiger partial charge in [-0.15, -0.1) is 21.5 Å². The van der Waals surface area contributed by atoms with Gasteiger partial charge in [0.25, 0.3) is 0 Å². The lowest BCUT2D eigenvalue weighted by Crippen LogP contribution is -1.82. The maximum absolute atomic E-state index is 5.85. The van der Waals surface area contributed by atoms with Crippen LogP contribution < -0.4 is 0 Å². The predicted molar refractivity (Wildman–Crippen MR) is 65.7 cm³/mol. The molecule has 6 heteroatoms. The molecule has 2 heterocycles. The Kier molecular flexibility index (Phi) is 3.54. The fourth-order valence-electron chi connectivity index (χ4n) is 0.964. The number of nitrogens with zero attached hydrogens (tertiary/aromatic N) is 2. The molecule has 0 amide bonds. The molecule has 0 aliphatic rings. The lowest BCUT2D eigenvalue weighted by molar-refractivity contribution is 0.996. The zero-order chi connectivity index (χ0) is 9.97. The van der Waals surface area contributed by atoms with Gasteiger partial charge in [0.1, 0.15) is 5.01 Å². The van der Waals surface area contributed by atoms with Crippen LogP contribution in [0.25, 0.3) is 9.88 Å². The van der Waals surface area contributed by atoms with Crippen molar-refractivity contribution in [3.05, 3.63) is 21.5 Å². The van der Waals surface area contributed by atoms with Gasteiger partial charge in [0.15, 0.2) is 5.01 Å². The molecular formula is C8H6BrClN2S2. The molecule has 0 bridgehead atoms. The average molecular weight is 310 g/mol. The van der Waals surface area contributed by atoms with Gasteiger partial charge >= 0.3 is 0 Å². The number of thiophene rings is 1. The Bertz CT molecular complexity index is 426. The molecule has 14 heavy (non-hydrogen) atoms. The molecule has 0 fully saturated rings. The fourth-order valence-corrected chi connectivity index (χ4v) is 3.53. The van der Waals surface area contributed by atoms with Crippen LogP contribution in [0.2, 0.25) is 4.34 Å². The number of aromatic nitrogens is 2. The molecule has 2 aromatic heterocycles. The van der Waals surface area contributed by atoms with Crippen LogP contribution in [0.3, 0.4) is 0 Å². The van der Waals surface area contributed by atoms with Crippen molar-refractivity contribution in [1.29, 1.82) is 0 Å². The third kappa shape index (κ3) is 2.34. The van der Waals surface area contributed by atoms with Crippen molar-refractivity contribution in [2.24, 2.45) is 0 Å².